The molecule has 0 spiro atoms. The molecule has 0 amide bonds. The lowest BCUT2D eigenvalue weighted by atomic mass is 10.2. The highest BCUT2D eigenvalue weighted by Gasteiger charge is 2.16. The van der Waals surface area contributed by atoms with Gasteiger partial charge in [-0.2, -0.15) is 0 Å². The predicted octanol–water partition coefficient (Wildman–Crippen LogP) is 3.34. The number of hydrogen-bond donors (Lipinski definition) is 2. The Hall–Kier alpha value is -2.71. The Bertz CT molecular complexity index is 1150. The largest absolute Gasteiger partial charge is 0.307 e. The number of H-pyrrole nitrogens is 1. The monoisotopic (exact) mass is 393 g/mol. The van der Waals surface area contributed by atoms with Gasteiger partial charge in [0, 0.05) is 23.0 Å². The van der Waals surface area contributed by atoms with Crippen molar-refractivity contribution in [3.05, 3.63) is 75.4 Å². The molecule has 0 saturated heterocycles. The van der Waals surface area contributed by atoms with Crippen LogP contribution in [0.3, 0.4) is 0 Å². The quantitative estimate of drug-likeness (QED) is 0.711. The minimum absolute atomic E-state index is 0.170. The molecule has 6 nitrogen and oxygen atoms in total. The average molecular weight is 394 g/mol. The van der Waals surface area contributed by atoms with Crippen LogP contribution in [0.1, 0.15) is 5.69 Å². The van der Waals surface area contributed by atoms with Crippen molar-refractivity contribution >= 4 is 27.3 Å². The second-order valence-electron chi connectivity index (χ2n) is 5.50. The molecule has 9 heteroatoms. The Kier molecular flexibility index (Phi) is 4.80. The zero-order valence-electron chi connectivity index (χ0n) is 13.5. The molecule has 134 valence electrons. The summed E-state index contributed by atoms with van der Waals surface area (Å²) in [6.07, 6.45) is 0. The first-order valence-corrected chi connectivity index (χ1v) is 9.27. The maximum atomic E-state index is 13.2. The van der Waals surface area contributed by atoms with E-state index in [0.717, 1.165) is 18.2 Å². The number of aromatic amines is 1. The predicted molar refractivity (Wildman–Crippen MR) is 97.2 cm³/mol. The molecule has 0 atom stereocenters. The zero-order chi connectivity index (χ0) is 18.9. The molecular formula is C17H13ClFN3O3S. The van der Waals surface area contributed by atoms with Crippen LogP contribution in [0.4, 0.5) is 10.1 Å². The summed E-state index contributed by atoms with van der Waals surface area (Å²) in [6.45, 7) is 1.68. The van der Waals surface area contributed by atoms with Gasteiger partial charge >= 0.3 is 0 Å². The van der Waals surface area contributed by atoms with Gasteiger partial charge in [0.2, 0.25) is 0 Å². The number of halogens is 2. The molecule has 0 unspecified atom stereocenters. The fourth-order valence-corrected chi connectivity index (χ4v) is 3.62. The molecule has 1 heterocycles. The Morgan fingerprint density at radius 3 is 2.62 bits per heavy atom. The number of rotatable bonds is 4. The summed E-state index contributed by atoms with van der Waals surface area (Å²) in [4.78, 5) is 18.2. The Morgan fingerprint density at radius 1 is 1.15 bits per heavy atom. The minimum Gasteiger partial charge on any atom is -0.307 e. The molecule has 2 N–H and O–H groups in total. The van der Waals surface area contributed by atoms with Gasteiger partial charge in [0.15, 0.2) is 0 Å². The Morgan fingerprint density at radius 2 is 1.92 bits per heavy atom. The summed E-state index contributed by atoms with van der Waals surface area (Å²) in [5.74, 6) is -0.386. The second kappa shape index (κ2) is 6.89. The van der Waals surface area contributed by atoms with Crippen molar-refractivity contribution in [3.63, 3.8) is 0 Å². The van der Waals surface area contributed by atoms with Crippen molar-refractivity contribution < 1.29 is 12.8 Å². The average Bonchev–Trinajstić information content (AvgIpc) is 2.56. The lowest BCUT2D eigenvalue weighted by Crippen LogP contribution is -2.13. The van der Waals surface area contributed by atoms with Gasteiger partial charge in [0.05, 0.1) is 9.92 Å². The number of benzene rings is 2. The standard InChI is InChI=1S/C17H13ClFN3O3S/c1-10-7-16(23)21-17(20-10)11-3-2-4-12(8-11)22-26(24,25)13-5-6-15(19)14(18)9-13/h2-9,22H,1H3,(H,20,21,23). The first kappa shape index (κ1) is 18.1. The molecule has 1 aromatic heterocycles. The van der Waals surface area contributed by atoms with Gasteiger partial charge in [-0.3, -0.25) is 9.52 Å². The summed E-state index contributed by atoms with van der Waals surface area (Å²) in [5.41, 5.74) is 1.02. The van der Waals surface area contributed by atoms with E-state index >= 15 is 0 Å². The summed E-state index contributed by atoms with van der Waals surface area (Å²) < 4.78 is 40.5. The third-order valence-corrected chi connectivity index (χ3v) is 5.13. The van der Waals surface area contributed by atoms with Crippen molar-refractivity contribution in [2.24, 2.45) is 0 Å². The third-order valence-electron chi connectivity index (χ3n) is 3.46. The number of aryl methyl sites for hydroxylation is 1. The highest BCUT2D eigenvalue weighted by Crippen LogP contribution is 2.24. The Balaban J connectivity index is 1.95. The summed E-state index contributed by atoms with van der Waals surface area (Å²) >= 11 is 5.65. The first-order valence-electron chi connectivity index (χ1n) is 7.41. The van der Waals surface area contributed by atoms with E-state index < -0.39 is 15.8 Å². The molecule has 0 fully saturated rings. The number of nitrogens with zero attached hydrogens (tertiary/aromatic N) is 1. The smallest absolute Gasteiger partial charge is 0.261 e. The van der Waals surface area contributed by atoms with Crippen molar-refractivity contribution in [1.82, 2.24) is 9.97 Å². The highest BCUT2D eigenvalue weighted by molar-refractivity contribution is 7.92. The molecule has 0 saturated carbocycles. The van der Waals surface area contributed by atoms with Gasteiger partial charge < -0.3 is 4.98 Å². The molecule has 26 heavy (non-hydrogen) atoms. The van der Waals surface area contributed by atoms with Crippen molar-refractivity contribution in [1.29, 1.82) is 0 Å². The van der Waals surface area contributed by atoms with E-state index in [-0.39, 0.29) is 21.2 Å². The third kappa shape index (κ3) is 3.92. The van der Waals surface area contributed by atoms with Crippen LogP contribution in [-0.2, 0) is 10.0 Å². The number of aromatic nitrogens is 2. The SMILES string of the molecule is Cc1cc(=O)[nH]c(-c2cccc(NS(=O)(=O)c3ccc(F)c(Cl)c3)c2)n1. The fraction of sp³-hybridized carbons (Fsp3) is 0.0588. The van der Waals surface area contributed by atoms with Crippen LogP contribution < -0.4 is 10.3 Å². The van der Waals surface area contributed by atoms with E-state index in [9.17, 15) is 17.6 Å². The highest BCUT2D eigenvalue weighted by atomic mass is 35.5. The van der Waals surface area contributed by atoms with Gasteiger partial charge in [-0.25, -0.2) is 17.8 Å². The van der Waals surface area contributed by atoms with Crippen LogP contribution in [0.25, 0.3) is 11.4 Å². The van der Waals surface area contributed by atoms with Crippen LogP contribution in [0.5, 0.6) is 0 Å². The second-order valence-corrected chi connectivity index (χ2v) is 7.59. The fourth-order valence-electron chi connectivity index (χ4n) is 2.30. The molecule has 2 aromatic carbocycles. The topological polar surface area (TPSA) is 91.9 Å². The summed E-state index contributed by atoms with van der Waals surface area (Å²) in [5, 5.41) is -0.289. The molecule has 3 rings (SSSR count). The molecule has 0 aliphatic carbocycles. The number of hydrogen-bond acceptors (Lipinski definition) is 4. The Labute approximate surface area is 153 Å². The lowest BCUT2D eigenvalue weighted by molar-refractivity contribution is 0.599. The van der Waals surface area contributed by atoms with E-state index in [0.29, 0.717) is 17.1 Å². The maximum absolute atomic E-state index is 13.2. The van der Waals surface area contributed by atoms with Gasteiger partial charge in [-0.05, 0) is 37.3 Å². The van der Waals surface area contributed by atoms with E-state index in [4.69, 9.17) is 11.6 Å². The zero-order valence-corrected chi connectivity index (χ0v) is 15.0. The van der Waals surface area contributed by atoms with E-state index in [1.165, 1.54) is 12.1 Å². The molecule has 0 radical (unpaired) electrons. The van der Waals surface area contributed by atoms with E-state index in [2.05, 4.69) is 14.7 Å². The first-order chi connectivity index (χ1) is 12.2. The maximum Gasteiger partial charge on any atom is 0.261 e. The van der Waals surface area contributed by atoms with Crippen LogP contribution in [0.15, 0.2) is 58.2 Å². The van der Waals surface area contributed by atoms with Crippen molar-refractivity contribution in [2.75, 3.05) is 4.72 Å². The summed E-state index contributed by atoms with van der Waals surface area (Å²) in [7, 11) is -3.96. The minimum atomic E-state index is -3.96. The van der Waals surface area contributed by atoms with E-state index in [1.807, 2.05) is 0 Å². The van der Waals surface area contributed by atoms with Gasteiger partial charge in [-0.15, -0.1) is 0 Å². The van der Waals surface area contributed by atoms with Crippen LogP contribution in [-0.4, -0.2) is 18.4 Å². The number of nitrogens with one attached hydrogen (secondary N) is 2. The van der Waals surface area contributed by atoms with Crippen LogP contribution >= 0.6 is 11.6 Å². The van der Waals surface area contributed by atoms with Gasteiger partial charge in [-0.1, -0.05) is 23.7 Å². The molecule has 3 aromatic rings. The molecule has 0 aliphatic rings. The van der Waals surface area contributed by atoms with Crippen molar-refractivity contribution in [3.8, 4) is 11.4 Å². The lowest BCUT2D eigenvalue weighted by Gasteiger charge is -2.10. The normalized spacial score (nSPS) is 11.3. The number of anilines is 1. The van der Waals surface area contributed by atoms with Gasteiger partial charge in [0.25, 0.3) is 15.6 Å². The van der Waals surface area contributed by atoms with E-state index in [1.54, 1.807) is 25.1 Å². The van der Waals surface area contributed by atoms with Crippen LogP contribution in [0.2, 0.25) is 5.02 Å². The molecular weight excluding hydrogens is 381 g/mol. The summed E-state index contributed by atoms with van der Waals surface area (Å²) in [6, 6.07) is 10.9. The van der Waals surface area contributed by atoms with Crippen molar-refractivity contribution in [2.45, 2.75) is 11.8 Å². The molecule has 0 bridgehead atoms. The molecule has 0 aliphatic heterocycles. The van der Waals surface area contributed by atoms with Crippen LogP contribution in [0, 0.1) is 12.7 Å². The number of sulfonamides is 1. The van der Waals surface area contributed by atoms with Gasteiger partial charge in [0.1, 0.15) is 11.6 Å².